The molecular weight excluding hydrogens is 402 g/mol. The quantitative estimate of drug-likeness (QED) is 0.452. The number of para-hydroxylation sites is 2. The van der Waals surface area contributed by atoms with Gasteiger partial charge in [0.2, 0.25) is 0 Å². The highest BCUT2D eigenvalue weighted by molar-refractivity contribution is 5.78. The number of hydrogen-bond donors (Lipinski definition) is 1. The summed E-state index contributed by atoms with van der Waals surface area (Å²) in [6.45, 7) is 7.12. The third kappa shape index (κ3) is 6.05. The van der Waals surface area contributed by atoms with Gasteiger partial charge in [-0.2, -0.15) is 5.10 Å². The van der Waals surface area contributed by atoms with Crippen molar-refractivity contribution in [2.45, 2.75) is 77.4 Å². The first-order valence-electron chi connectivity index (χ1n) is 11.7. The van der Waals surface area contributed by atoms with Crippen molar-refractivity contribution in [3.63, 3.8) is 0 Å². The van der Waals surface area contributed by atoms with Gasteiger partial charge in [-0.3, -0.25) is 4.68 Å². The largest absolute Gasteiger partial charge is 0.444 e. The Bertz CT molecular complexity index is 1070. The summed E-state index contributed by atoms with van der Waals surface area (Å²) in [6.07, 6.45) is 10.2. The number of alkyl carbamates (subject to hydrolysis) is 1. The van der Waals surface area contributed by atoms with Gasteiger partial charge in [0, 0.05) is 30.8 Å². The van der Waals surface area contributed by atoms with Crippen molar-refractivity contribution in [2.75, 3.05) is 6.54 Å². The minimum absolute atomic E-state index is 0.344. The van der Waals surface area contributed by atoms with Gasteiger partial charge < -0.3 is 10.1 Å². The van der Waals surface area contributed by atoms with Crippen LogP contribution in [0.25, 0.3) is 22.3 Å². The Kier molecular flexibility index (Phi) is 6.72. The number of aryl methyl sites for hydroxylation is 1. The molecule has 4 rings (SSSR count). The molecule has 0 unspecified atom stereocenters. The van der Waals surface area contributed by atoms with E-state index in [9.17, 15) is 4.79 Å². The summed E-state index contributed by atoms with van der Waals surface area (Å²) in [5.74, 6) is 0.528. The average Bonchev–Trinajstić information content (AvgIpc) is 3.49. The average molecular weight is 436 g/mol. The summed E-state index contributed by atoms with van der Waals surface area (Å²) < 4.78 is 7.24. The van der Waals surface area contributed by atoms with Gasteiger partial charge in [-0.05, 0) is 58.6 Å². The maximum atomic E-state index is 11.6. The molecular formula is C25H33N5O2. The summed E-state index contributed by atoms with van der Waals surface area (Å²) in [5.41, 5.74) is 4.58. The SMILES string of the molecule is CC(C)(C)OC(=O)NCCCCCCn1cc(-c2nc3ccccc3nc2C2CC2)cn1. The second-order valence-corrected chi connectivity index (χ2v) is 9.56. The van der Waals surface area contributed by atoms with Gasteiger partial charge in [0.1, 0.15) is 5.60 Å². The predicted molar refractivity (Wildman–Crippen MR) is 125 cm³/mol. The number of rotatable bonds is 9. The Morgan fingerprint density at radius 2 is 1.81 bits per heavy atom. The molecule has 0 aliphatic heterocycles. The van der Waals surface area contributed by atoms with Gasteiger partial charge in [0.25, 0.3) is 0 Å². The second-order valence-electron chi connectivity index (χ2n) is 9.56. The zero-order valence-electron chi connectivity index (χ0n) is 19.3. The summed E-state index contributed by atoms with van der Waals surface area (Å²) in [4.78, 5) is 21.5. The van der Waals surface area contributed by atoms with Crippen molar-refractivity contribution in [1.29, 1.82) is 0 Å². The molecule has 170 valence electrons. The van der Waals surface area contributed by atoms with E-state index in [1.807, 2.05) is 55.9 Å². The van der Waals surface area contributed by atoms with Crippen LogP contribution in [0, 0.1) is 0 Å². The molecule has 3 aromatic rings. The van der Waals surface area contributed by atoms with Crippen molar-refractivity contribution in [3.8, 4) is 11.3 Å². The van der Waals surface area contributed by atoms with Crippen LogP contribution in [0.2, 0.25) is 0 Å². The Morgan fingerprint density at radius 3 is 2.53 bits per heavy atom. The number of benzene rings is 1. The number of amides is 1. The maximum Gasteiger partial charge on any atom is 0.407 e. The molecule has 7 nitrogen and oxygen atoms in total. The molecule has 2 heterocycles. The number of fused-ring (bicyclic) bond motifs is 1. The van der Waals surface area contributed by atoms with Crippen LogP contribution in [0.15, 0.2) is 36.7 Å². The summed E-state index contributed by atoms with van der Waals surface area (Å²) in [7, 11) is 0. The van der Waals surface area contributed by atoms with Crippen LogP contribution in [0.1, 0.15) is 70.9 Å². The van der Waals surface area contributed by atoms with E-state index in [1.165, 1.54) is 12.8 Å². The number of aromatic nitrogens is 4. The minimum Gasteiger partial charge on any atom is -0.444 e. The lowest BCUT2D eigenvalue weighted by atomic mass is 10.1. The fourth-order valence-electron chi connectivity index (χ4n) is 3.73. The first-order valence-corrected chi connectivity index (χ1v) is 11.7. The van der Waals surface area contributed by atoms with Gasteiger partial charge in [0.15, 0.2) is 0 Å². The first kappa shape index (κ1) is 22.2. The Labute approximate surface area is 189 Å². The smallest absolute Gasteiger partial charge is 0.407 e. The summed E-state index contributed by atoms with van der Waals surface area (Å²) in [6, 6.07) is 8.07. The summed E-state index contributed by atoms with van der Waals surface area (Å²) in [5, 5.41) is 7.37. The van der Waals surface area contributed by atoms with Gasteiger partial charge in [-0.15, -0.1) is 0 Å². The number of carbonyl (C=O) groups excluding carboxylic acids is 1. The zero-order valence-corrected chi connectivity index (χ0v) is 19.3. The Morgan fingerprint density at radius 1 is 1.09 bits per heavy atom. The van der Waals surface area contributed by atoms with Crippen molar-refractivity contribution < 1.29 is 9.53 Å². The van der Waals surface area contributed by atoms with Crippen LogP contribution >= 0.6 is 0 Å². The fourth-order valence-corrected chi connectivity index (χ4v) is 3.73. The molecule has 1 aromatic carbocycles. The Balaban J connectivity index is 1.25. The topological polar surface area (TPSA) is 81.9 Å². The molecule has 1 N–H and O–H groups in total. The van der Waals surface area contributed by atoms with Crippen LogP contribution in [0.5, 0.6) is 0 Å². The lowest BCUT2D eigenvalue weighted by molar-refractivity contribution is 0.0527. The summed E-state index contributed by atoms with van der Waals surface area (Å²) >= 11 is 0. The minimum atomic E-state index is -0.454. The van der Waals surface area contributed by atoms with E-state index in [-0.39, 0.29) is 6.09 Å². The number of unbranched alkanes of at least 4 members (excludes halogenated alkanes) is 3. The molecule has 0 spiro atoms. The molecule has 1 aliphatic rings. The Hall–Kier alpha value is -2.96. The van der Waals surface area contributed by atoms with E-state index in [0.29, 0.717) is 12.5 Å². The fraction of sp³-hybridized carbons (Fsp3) is 0.520. The molecule has 7 heteroatoms. The molecule has 1 saturated carbocycles. The van der Waals surface area contributed by atoms with Crippen LogP contribution < -0.4 is 5.32 Å². The number of nitrogens with zero attached hydrogens (tertiary/aromatic N) is 4. The van der Waals surface area contributed by atoms with Crippen LogP contribution in [0.3, 0.4) is 0 Å². The monoisotopic (exact) mass is 435 g/mol. The molecule has 1 aliphatic carbocycles. The number of hydrogen-bond acceptors (Lipinski definition) is 5. The normalized spacial score (nSPS) is 14.0. The molecule has 1 fully saturated rings. The van der Waals surface area contributed by atoms with E-state index < -0.39 is 5.60 Å². The molecule has 0 radical (unpaired) electrons. The van der Waals surface area contributed by atoms with Gasteiger partial charge in [0.05, 0.1) is 28.6 Å². The van der Waals surface area contributed by atoms with E-state index >= 15 is 0 Å². The number of ether oxygens (including phenoxy) is 1. The maximum absolute atomic E-state index is 11.6. The van der Waals surface area contributed by atoms with Gasteiger partial charge in [-0.1, -0.05) is 25.0 Å². The molecule has 32 heavy (non-hydrogen) atoms. The highest BCUT2D eigenvalue weighted by Gasteiger charge is 2.29. The van der Waals surface area contributed by atoms with Gasteiger partial charge >= 0.3 is 6.09 Å². The molecule has 0 bridgehead atoms. The zero-order chi connectivity index (χ0) is 22.6. The molecule has 1 amide bonds. The third-order valence-corrected chi connectivity index (χ3v) is 5.45. The predicted octanol–water partition coefficient (Wildman–Crippen LogP) is 5.46. The van der Waals surface area contributed by atoms with E-state index in [0.717, 1.165) is 60.2 Å². The highest BCUT2D eigenvalue weighted by atomic mass is 16.6. The number of carbonyl (C=O) groups is 1. The van der Waals surface area contributed by atoms with Crippen molar-refractivity contribution in [2.24, 2.45) is 0 Å². The van der Waals surface area contributed by atoms with Crippen molar-refractivity contribution in [3.05, 3.63) is 42.4 Å². The number of nitrogens with one attached hydrogen (secondary N) is 1. The molecule has 0 atom stereocenters. The lowest BCUT2D eigenvalue weighted by Crippen LogP contribution is -2.32. The van der Waals surface area contributed by atoms with Crippen LogP contribution in [0.4, 0.5) is 4.79 Å². The van der Waals surface area contributed by atoms with Gasteiger partial charge in [-0.25, -0.2) is 14.8 Å². The lowest BCUT2D eigenvalue weighted by Gasteiger charge is -2.19. The molecule has 2 aromatic heterocycles. The van der Waals surface area contributed by atoms with Crippen LogP contribution in [-0.2, 0) is 11.3 Å². The third-order valence-electron chi connectivity index (χ3n) is 5.45. The first-order chi connectivity index (χ1) is 15.4. The standard InChI is InChI=1S/C25H33N5O2/c1-25(2,3)32-24(31)26-14-8-4-5-9-15-30-17-19(16-27-30)23-22(18-12-13-18)28-20-10-6-7-11-21(20)29-23/h6-7,10-11,16-18H,4-5,8-9,12-15H2,1-3H3,(H,26,31). The van der Waals surface area contributed by atoms with Crippen molar-refractivity contribution in [1.82, 2.24) is 25.1 Å². The van der Waals surface area contributed by atoms with E-state index in [1.54, 1.807) is 0 Å². The van der Waals surface area contributed by atoms with E-state index in [4.69, 9.17) is 14.7 Å². The van der Waals surface area contributed by atoms with Crippen molar-refractivity contribution >= 4 is 17.1 Å². The van der Waals surface area contributed by atoms with Crippen LogP contribution in [-0.4, -0.2) is 38.0 Å². The molecule has 0 saturated heterocycles. The second kappa shape index (κ2) is 9.67. The highest BCUT2D eigenvalue weighted by Crippen LogP contribution is 2.43. The van der Waals surface area contributed by atoms with E-state index in [2.05, 4.69) is 16.6 Å².